The van der Waals surface area contributed by atoms with Crippen LogP contribution in [0.15, 0.2) is 42.5 Å². The summed E-state index contributed by atoms with van der Waals surface area (Å²) in [5.41, 5.74) is 1.43. The van der Waals surface area contributed by atoms with Gasteiger partial charge >= 0.3 is 0 Å². The maximum atomic E-state index is 11.2. The number of carbonyl (C=O) groups is 1. The second-order valence-corrected chi connectivity index (χ2v) is 24.8. The highest BCUT2D eigenvalue weighted by Crippen LogP contribution is 2.57. The smallest absolute Gasteiger partial charge is 0.221 e. The van der Waals surface area contributed by atoms with Gasteiger partial charge in [-0.1, -0.05) is 83.0 Å². The molecule has 0 heterocycles. The summed E-state index contributed by atoms with van der Waals surface area (Å²) in [4.78, 5) is 33.5. The molecule has 4 atom stereocenters. The third-order valence-corrected chi connectivity index (χ3v) is 18.1. The van der Waals surface area contributed by atoms with Crippen molar-refractivity contribution in [2.45, 2.75) is 141 Å². The fourth-order valence-corrected chi connectivity index (χ4v) is 8.45. The molecule has 1 aromatic rings. The van der Waals surface area contributed by atoms with Crippen LogP contribution in [-0.2, 0) is 11.2 Å². The number of allylic oxidation sites excluding steroid dienone is 2. The summed E-state index contributed by atoms with van der Waals surface area (Å²) in [6.07, 6.45) is 17.3. The van der Waals surface area contributed by atoms with Gasteiger partial charge in [-0.3, -0.25) is 4.79 Å². The number of benzene rings is 1. The predicted molar refractivity (Wildman–Crippen MR) is 182 cm³/mol. The maximum absolute atomic E-state index is 11.2. The molecule has 2 N–H and O–H groups in total. The van der Waals surface area contributed by atoms with Crippen LogP contribution in [0.2, 0.25) is 36.3 Å². The number of rotatable bonds is 18. The van der Waals surface area contributed by atoms with Crippen LogP contribution in [0.4, 0.5) is 0 Å². The Balaban J connectivity index is 2.23. The summed E-state index contributed by atoms with van der Waals surface area (Å²) >= 11 is 5.54. The molecule has 1 aliphatic carbocycles. The van der Waals surface area contributed by atoms with Crippen molar-refractivity contribution in [1.82, 2.24) is 0 Å². The van der Waals surface area contributed by atoms with Gasteiger partial charge in [-0.15, -0.1) is 0 Å². The Morgan fingerprint density at radius 1 is 0.854 bits per heavy atom. The van der Waals surface area contributed by atoms with E-state index < -0.39 is 16.6 Å². The monoisotopic (exact) mass is 620 g/mol. The first-order valence-electron chi connectivity index (χ1n) is 16.3. The summed E-state index contributed by atoms with van der Waals surface area (Å²) in [6.45, 7) is 17.6. The molecule has 0 unspecified atom stereocenters. The van der Waals surface area contributed by atoms with Crippen LogP contribution in [0.5, 0.6) is 0 Å². The highest BCUT2D eigenvalue weighted by atomic mass is 35.5. The Morgan fingerprint density at radius 3 is 1.95 bits per heavy atom. The Hall–Kier alpha value is -0.726. The van der Waals surface area contributed by atoms with Crippen molar-refractivity contribution >= 4 is 33.5 Å². The summed E-state index contributed by atoms with van der Waals surface area (Å²) < 4.78 is 0. The SMILES string of the molecule is CC(C)(C[C@H]1C[C@@H](CC(C)(C)[Si](C)(C)O)[C@H](CCCCCc2ccccc2)[C@H]1C/C=C\CCCC(=O)Cl)[Si](C)(C)O. The second kappa shape index (κ2) is 15.8. The summed E-state index contributed by atoms with van der Waals surface area (Å²) in [5.74, 6) is 2.42. The molecule has 1 fully saturated rings. The molecule has 0 spiro atoms. The van der Waals surface area contributed by atoms with Crippen molar-refractivity contribution < 1.29 is 14.4 Å². The average molecular weight is 621 g/mol. The van der Waals surface area contributed by atoms with E-state index in [1.54, 1.807) is 0 Å². The molecule has 0 bridgehead atoms. The third kappa shape index (κ3) is 11.7. The quantitative estimate of drug-likeness (QED) is 0.0742. The normalized spacial score (nSPS) is 22.5. The molecule has 0 radical (unpaired) electrons. The number of aryl methyl sites for hydroxylation is 1. The van der Waals surface area contributed by atoms with Crippen LogP contribution in [0.25, 0.3) is 0 Å². The van der Waals surface area contributed by atoms with Crippen LogP contribution in [0.1, 0.15) is 104 Å². The van der Waals surface area contributed by atoms with Gasteiger partial charge in [0.15, 0.2) is 16.6 Å². The molecule has 1 aliphatic rings. The lowest BCUT2D eigenvalue weighted by molar-refractivity contribution is -0.111. The van der Waals surface area contributed by atoms with Gasteiger partial charge < -0.3 is 9.59 Å². The van der Waals surface area contributed by atoms with E-state index in [2.05, 4.69) is 96.4 Å². The zero-order valence-electron chi connectivity index (χ0n) is 27.5. The Kier molecular flexibility index (Phi) is 14.1. The van der Waals surface area contributed by atoms with Crippen LogP contribution in [-0.4, -0.2) is 31.5 Å². The van der Waals surface area contributed by atoms with E-state index in [4.69, 9.17) is 11.6 Å². The van der Waals surface area contributed by atoms with Gasteiger partial charge in [-0.2, -0.15) is 0 Å². The first kappa shape index (κ1) is 36.5. The number of hydrogen-bond acceptors (Lipinski definition) is 3. The van der Waals surface area contributed by atoms with Gasteiger partial charge in [-0.05, 0) is 135 Å². The summed E-state index contributed by atoms with van der Waals surface area (Å²) in [5, 5.41) is -0.330. The minimum absolute atomic E-state index is 0.0346. The molecule has 3 nitrogen and oxygen atoms in total. The highest BCUT2D eigenvalue weighted by molar-refractivity contribution is 6.73. The largest absolute Gasteiger partial charge is 0.432 e. The molecule has 1 aromatic carbocycles. The average Bonchev–Trinajstić information content (AvgIpc) is 3.14. The Morgan fingerprint density at radius 2 is 1.41 bits per heavy atom. The van der Waals surface area contributed by atoms with Gasteiger partial charge in [-0.25, -0.2) is 0 Å². The van der Waals surface area contributed by atoms with Gasteiger partial charge in [0.1, 0.15) is 0 Å². The van der Waals surface area contributed by atoms with Crippen molar-refractivity contribution in [3.63, 3.8) is 0 Å². The highest BCUT2D eigenvalue weighted by Gasteiger charge is 2.50. The van der Waals surface area contributed by atoms with Gasteiger partial charge in [0.25, 0.3) is 0 Å². The van der Waals surface area contributed by atoms with Gasteiger partial charge in [0.05, 0.1) is 0 Å². The first-order chi connectivity index (χ1) is 18.9. The van der Waals surface area contributed by atoms with Crippen molar-refractivity contribution in [3.05, 3.63) is 48.0 Å². The minimum atomic E-state index is -2.33. The topological polar surface area (TPSA) is 57.5 Å². The van der Waals surface area contributed by atoms with Crippen LogP contribution < -0.4 is 0 Å². The van der Waals surface area contributed by atoms with E-state index in [9.17, 15) is 14.4 Å². The lowest BCUT2D eigenvalue weighted by atomic mass is 9.77. The fraction of sp³-hybridized carbons (Fsp3) is 0.743. The molecular formula is C35H61ClO3Si2. The van der Waals surface area contributed by atoms with E-state index in [0.717, 1.165) is 38.5 Å². The minimum Gasteiger partial charge on any atom is -0.432 e. The zero-order chi connectivity index (χ0) is 30.9. The van der Waals surface area contributed by atoms with Crippen molar-refractivity contribution in [3.8, 4) is 0 Å². The van der Waals surface area contributed by atoms with Crippen molar-refractivity contribution in [2.75, 3.05) is 0 Å². The van der Waals surface area contributed by atoms with Gasteiger partial charge in [0, 0.05) is 6.42 Å². The molecule has 1 saturated carbocycles. The number of unbranched alkanes of at least 4 members (excludes halogenated alkanes) is 3. The maximum Gasteiger partial charge on any atom is 0.221 e. The van der Waals surface area contributed by atoms with Crippen LogP contribution in [0.3, 0.4) is 0 Å². The number of carbonyl (C=O) groups excluding carboxylic acids is 1. The van der Waals surface area contributed by atoms with Crippen molar-refractivity contribution in [2.24, 2.45) is 23.7 Å². The predicted octanol–water partition coefficient (Wildman–Crippen LogP) is 10.3. The molecular weight excluding hydrogens is 560 g/mol. The van der Waals surface area contributed by atoms with E-state index in [0.29, 0.717) is 30.1 Å². The molecule has 0 saturated heterocycles. The van der Waals surface area contributed by atoms with E-state index >= 15 is 0 Å². The van der Waals surface area contributed by atoms with Crippen LogP contribution >= 0.6 is 11.6 Å². The van der Waals surface area contributed by atoms with E-state index in [1.807, 2.05) is 0 Å². The van der Waals surface area contributed by atoms with Crippen LogP contribution in [0, 0.1) is 23.7 Å². The molecule has 41 heavy (non-hydrogen) atoms. The lowest BCUT2D eigenvalue weighted by Gasteiger charge is -2.39. The molecule has 0 aromatic heterocycles. The molecule has 234 valence electrons. The lowest BCUT2D eigenvalue weighted by Crippen LogP contribution is -2.40. The molecule has 2 rings (SSSR count). The number of halogens is 1. The molecule has 6 heteroatoms. The molecule has 0 aliphatic heterocycles. The second-order valence-electron chi connectivity index (χ2n) is 15.4. The third-order valence-electron chi connectivity index (χ3n) is 10.9. The molecule has 0 amide bonds. The summed E-state index contributed by atoms with van der Waals surface area (Å²) in [6, 6.07) is 10.8. The van der Waals surface area contributed by atoms with E-state index in [-0.39, 0.29) is 15.3 Å². The fourth-order valence-electron chi connectivity index (χ4n) is 6.80. The van der Waals surface area contributed by atoms with E-state index in [1.165, 1.54) is 37.7 Å². The summed E-state index contributed by atoms with van der Waals surface area (Å²) in [7, 11) is -4.65. The standard InChI is InChI=1S/C35H61ClO3Si2/c1-34(2,40(5,6)38)26-29-25-30(27-35(3,4)41(7,8)39)32(31(29)22-16-9-10-18-24-33(36)37)23-17-12-15-21-28-19-13-11-14-20-28/h9,11,13-14,16,19-20,29-32,38-39H,10,12,15,17-18,21-27H2,1-8H3/b16-9-/t29-,30+,31+,32+/m1/s1. The first-order valence-corrected chi connectivity index (χ1v) is 22.5. The van der Waals surface area contributed by atoms with Gasteiger partial charge in [0.2, 0.25) is 5.24 Å². The number of hydrogen-bond donors (Lipinski definition) is 2. The Bertz CT molecular complexity index is 946. The zero-order valence-corrected chi connectivity index (χ0v) is 30.3. The van der Waals surface area contributed by atoms with Crippen molar-refractivity contribution in [1.29, 1.82) is 0 Å². The Labute approximate surface area is 259 Å².